The highest BCUT2D eigenvalue weighted by Gasteiger charge is 2.44. The molecule has 2 atom stereocenters. The van der Waals surface area contributed by atoms with E-state index in [1.54, 1.807) is 6.07 Å². The minimum absolute atomic E-state index is 0.0597. The van der Waals surface area contributed by atoms with Crippen LogP contribution in [-0.2, 0) is 10.2 Å². The van der Waals surface area contributed by atoms with E-state index in [0.29, 0.717) is 5.56 Å². The van der Waals surface area contributed by atoms with Crippen molar-refractivity contribution in [2.45, 2.75) is 38.5 Å². The third kappa shape index (κ3) is 4.57. The standard InChI is InChI=1S/C21H22ClN3O3/c1-21(2,3)15-7-5-14(6-8-15)16-11-17(16)20(26)24-23-12-13-4-9-18(22)19(10-13)25(27)28/h4-10,12,16-17H,11H2,1-3H3,(H,24,26)/b23-12+/t16-,17+/m1/s1. The first-order valence-corrected chi connectivity index (χ1v) is 9.42. The van der Waals surface area contributed by atoms with Crippen LogP contribution in [0, 0.1) is 16.0 Å². The lowest BCUT2D eigenvalue weighted by molar-refractivity contribution is -0.384. The molecular weight excluding hydrogens is 378 g/mol. The quantitative estimate of drug-likeness (QED) is 0.445. The summed E-state index contributed by atoms with van der Waals surface area (Å²) in [6, 6.07) is 12.8. The van der Waals surface area contributed by atoms with Crippen molar-refractivity contribution in [2.75, 3.05) is 0 Å². The first kappa shape index (κ1) is 20.0. The molecule has 0 heterocycles. The Hall–Kier alpha value is -2.73. The maximum absolute atomic E-state index is 12.3. The van der Waals surface area contributed by atoms with Gasteiger partial charge in [0.15, 0.2) is 0 Å². The molecule has 0 aromatic heterocycles. The number of nitrogens with one attached hydrogen (secondary N) is 1. The van der Waals surface area contributed by atoms with E-state index >= 15 is 0 Å². The predicted octanol–water partition coefficient (Wildman–Crippen LogP) is 4.80. The maximum atomic E-state index is 12.3. The fourth-order valence-electron chi connectivity index (χ4n) is 3.09. The topological polar surface area (TPSA) is 84.6 Å². The number of carbonyl (C=O) groups excluding carboxylic acids is 1. The second-order valence-electron chi connectivity index (χ2n) is 8.02. The van der Waals surface area contributed by atoms with E-state index < -0.39 is 4.92 Å². The van der Waals surface area contributed by atoms with Crippen LogP contribution in [0.4, 0.5) is 5.69 Å². The second-order valence-corrected chi connectivity index (χ2v) is 8.43. The van der Waals surface area contributed by atoms with Gasteiger partial charge < -0.3 is 0 Å². The Balaban J connectivity index is 1.57. The smallest absolute Gasteiger partial charge is 0.273 e. The zero-order valence-corrected chi connectivity index (χ0v) is 16.7. The third-order valence-electron chi connectivity index (χ3n) is 4.89. The van der Waals surface area contributed by atoms with E-state index in [1.807, 2.05) is 0 Å². The van der Waals surface area contributed by atoms with Gasteiger partial charge in [0.25, 0.3) is 5.69 Å². The molecule has 1 saturated carbocycles. The van der Waals surface area contributed by atoms with Crippen molar-refractivity contribution < 1.29 is 9.72 Å². The summed E-state index contributed by atoms with van der Waals surface area (Å²) in [7, 11) is 0. The highest BCUT2D eigenvalue weighted by molar-refractivity contribution is 6.32. The lowest BCUT2D eigenvalue weighted by Gasteiger charge is -2.19. The highest BCUT2D eigenvalue weighted by atomic mass is 35.5. The van der Waals surface area contributed by atoms with Crippen molar-refractivity contribution in [1.82, 2.24) is 5.43 Å². The van der Waals surface area contributed by atoms with Gasteiger partial charge in [-0.05, 0) is 34.9 Å². The van der Waals surface area contributed by atoms with Crippen LogP contribution in [-0.4, -0.2) is 17.0 Å². The lowest BCUT2D eigenvalue weighted by atomic mass is 9.86. The number of amides is 1. The summed E-state index contributed by atoms with van der Waals surface area (Å²) in [5, 5.41) is 14.9. The van der Waals surface area contributed by atoms with Crippen molar-refractivity contribution in [1.29, 1.82) is 0 Å². The Labute approximate surface area is 168 Å². The number of halogens is 1. The Morgan fingerprint density at radius 1 is 1.25 bits per heavy atom. The van der Waals surface area contributed by atoms with Gasteiger partial charge in [-0.15, -0.1) is 0 Å². The molecule has 146 valence electrons. The van der Waals surface area contributed by atoms with Crippen molar-refractivity contribution in [3.63, 3.8) is 0 Å². The van der Waals surface area contributed by atoms with Gasteiger partial charge in [0.2, 0.25) is 5.91 Å². The zero-order valence-electron chi connectivity index (χ0n) is 16.0. The number of hydrogen-bond donors (Lipinski definition) is 1. The molecule has 0 aliphatic heterocycles. The minimum atomic E-state index is -0.558. The summed E-state index contributed by atoms with van der Waals surface area (Å²) in [6.45, 7) is 6.51. The van der Waals surface area contributed by atoms with E-state index in [0.717, 1.165) is 12.0 Å². The summed E-state index contributed by atoms with van der Waals surface area (Å²) in [5.41, 5.74) is 5.33. The van der Waals surface area contributed by atoms with Gasteiger partial charge in [-0.3, -0.25) is 14.9 Å². The van der Waals surface area contributed by atoms with Gasteiger partial charge in [-0.1, -0.05) is 62.7 Å². The van der Waals surface area contributed by atoms with E-state index in [-0.39, 0.29) is 33.9 Å². The van der Waals surface area contributed by atoms with Crippen LogP contribution in [0.2, 0.25) is 5.02 Å². The molecule has 0 radical (unpaired) electrons. The van der Waals surface area contributed by atoms with E-state index in [1.165, 1.54) is 23.9 Å². The van der Waals surface area contributed by atoms with Crippen molar-refractivity contribution >= 4 is 29.4 Å². The molecule has 0 unspecified atom stereocenters. The summed E-state index contributed by atoms with van der Waals surface area (Å²) < 4.78 is 0. The number of nitro benzene ring substituents is 1. The van der Waals surface area contributed by atoms with Gasteiger partial charge in [-0.25, -0.2) is 5.43 Å². The molecule has 1 aliphatic rings. The largest absolute Gasteiger partial charge is 0.288 e. The van der Waals surface area contributed by atoms with Gasteiger partial charge in [0.05, 0.1) is 11.1 Å². The maximum Gasteiger partial charge on any atom is 0.288 e. The molecule has 1 amide bonds. The number of nitrogens with zero attached hydrogens (tertiary/aromatic N) is 2. The molecule has 6 nitrogen and oxygen atoms in total. The molecule has 7 heteroatoms. The van der Waals surface area contributed by atoms with E-state index in [9.17, 15) is 14.9 Å². The lowest BCUT2D eigenvalue weighted by Crippen LogP contribution is -2.20. The van der Waals surface area contributed by atoms with Crippen LogP contribution < -0.4 is 5.43 Å². The Kier molecular flexibility index (Phi) is 5.52. The minimum Gasteiger partial charge on any atom is -0.273 e. The number of hydrazone groups is 1. The third-order valence-corrected chi connectivity index (χ3v) is 5.21. The van der Waals surface area contributed by atoms with Crippen molar-refractivity contribution in [3.05, 3.63) is 74.3 Å². The Bertz CT molecular complexity index is 933. The van der Waals surface area contributed by atoms with Gasteiger partial charge >= 0.3 is 0 Å². The van der Waals surface area contributed by atoms with E-state index in [4.69, 9.17) is 11.6 Å². The molecule has 1 fully saturated rings. The average molecular weight is 400 g/mol. The SMILES string of the molecule is CC(C)(C)c1ccc([C@H]2C[C@@H]2C(=O)N/N=C/c2ccc(Cl)c([N+](=O)[O-])c2)cc1. The van der Waals surface area contributed by atoms with Crippen molar-refractivity contribution in [3.8, 4) is 0 Å². The van der Waals surface area contributed by atoms with Crippen LogP contribution in [0.1, 0.15) is 49.8 Å². The fraction of sp³-hybridized carbons (Fsp3) is 0.333. The molecule has 3 rings (SSSR count). The van der Waals surface area contributed by atoms with Crippen LogP contribution in [0.3, 0.4) is 0 Å². The van der Waals surface area contributed by atoms with Gasteiger partial charge in [-0.2, -0.15) is 5.10 Å². The first-order valence-electron chi connectivity index (χ1n) is 9.04. The van der Waals surface area contributed by atoms with E-state index in [2.05, 4.69) is 55.6 Å². The molecular formula is C21H22ClN3O3. The fourth-order valence-corrected chi connectivity index (χ4v) is 3.27. The van der Waals surface area contributed by atoms with Crippen molar-refractivity contribution in [2.24, 2.45) is 11.0 Å². The number of hydrogen-bond acceptors (Lipinski definition) is 4. The Morgan fingerprint density at radius 2 is 1.93 bits per heavy atom. The van der Waals surface area contributed by atoms with Crippen LogP contribution in [0.25, 0.3) is 0 Å². The molecule has 1 aliphatic carbocycles. The molecule has 2 aromatic rings. The summed E-state index contributed by atoms with van der Waals surface area (Å²) in [4.78, 5) is 22.6. The molecule has 2 aromatic carbocycles. The first-order chi connectivity index (χ1) is 13.2. The summed E-state index contributed by atoms with van der Waals surface area (Å²) in [5.74, 6) is -0.0392. The average Bonchev–Trinajstić information content (AvgIpc) is 3.43. The van der Waals surface area contributed by atoms with Gasteiger partial charge in [0.1, 0.15) is 5.02 Å². The number of carbonyl (C=O) groups is 1. The number of benzene rings is 2. The summed E-state index contributed by atoms with van der Waals surface area (Å²) >= 11 is 5.78. The predicted molar refractivity (Wildman–Crippen MR) is 110 cm³/mol. The molecule has 0 spiro atoms. The molecule has 28 heavy (non-hydrogen) atoms. The van der Waals surface area contributed by atoms with Crippen LogP contribution in [0.15, 0.2) is 47.6 Å². The van der Waals surface area contributed by atoms with Crippen LogP contribution in [0.5, 0.6) is 0 Å². The normalized spacial score (nSPS) is 18.9. The Morgan fingerprint density at radius 3 is 2.54 bits per heavy atom. The van der Waals surface area contributed by atoms with Crippen LogP contribution >= 0.6 is 11.6 Å². The highest BCUT2D eigenvalue weighted by Crippen LogP contribution is 2.47. The molecule has 1 N–H and O–H groups in total. The number of nitro groups is 1. The monoisotopic (exact) mass is 399 g/mol. The molecule has 0 bridgehead atoms. The van der Waals surface area contributed by atoms with Gasteiger partial charge in [0, 0.05) is 17.5 Å². The zero-order chi connectivity index (χ0) is 20.5. The second kappa shape index (κ2) is 7.72. The molecule has 0 saturated heterocycles. The number of rotatable bonds is 5. The summed E-state index contributed by atoms with van der Waals surface area (Å²) in [6.07, 6.45) is 2.17.